The second kappa shape index (κ2) is 3.47. The topological polar surface area (TPSA) is 0 Å². The SMILES string of the molecule is Fc1c(Cl)cccc1C1CC1CCl. The number of alkyl halides is 1. The van der Waals surface area contributed by atoms with E-state index in [0.29, 0.717) is 11.8 Å². The molecular weight excluding hydrogens is 210 g/mol. The standard InChI is InChI=1S/C10H9Cl2F/c11-5-6-4-8(6)7-2-1-3-9(12)10(7)13/h1-3,6,8H,4-5H2. The van der Waals surface area contributed by atoms with E-state index in [-0.39, 0.29) is 16.8 Å². The van der Waals surface area contributed by atoms with Crippen molar-refractivity contribution in [1.82, 2.24) is 0 Å². The van der Waals surface area contributed by atoms with E-state index in [0.717, 1.165) is 12.0 Å². The lowest BCUT2D eigenvalue weighted by atomic mass is 10.1. The molecule has 0 amide bonds. The molecule has 0 spiro atoms. The van der Waals surface area contributed by atoms with Gasteiger partial charge < -0.3 is 0 Å². The van der Waals surface area contributed by atoms with E-state index >= 15 is 0 Å². The monoisotopic (exact) mass is 218 g/mol. The van der Waals surface area contributed by atoms with Crippen LogP contribution in [0.5, 0.6) is 0 Å². The second-order valence-corrected chi connectivity index (χ2v) is 4.12. The molecule has 0 heterocycles. The van der Waals surface area contributed by atoms with Gasteiger partial charge in [0.05, 0.1) is 5.02 Å². The van der Waals surface area contributed by atoms with E-state index in [9.17, 15) is 4.39 Å². The van der Waals surface area contributed by atoms with Crippen LogP contribution >= 0.6 is 23.2 Å². The summed E-state index contributed by atoms with van der Waals surface area (Å²) in [6.45, 7) is 0. The van der Waals surface area contributed by atoms with E-state index in [4.69, 9.17) is 23.2 Å². The molecular formula is C10H9Cl2F. The lowest BCUT2D eigenvalue weighted by Crippen LogP contribution is -1.90. The van der Waals surface area contributed by atoms with Crippen LogP contribution < -0.4 is 0 Å². The van der Waals surface area contributed by atoms with Gasteiger partial charge in [-0.3, -0.25) is 0 Å². The molecule has 0 radical (unpaired) electrons. The zero-order valence-corrected chi connectivity index (χ0v) is 8.45. The van der Waals surface area contributed by atoms with Crippen LogP contribution in [-0.4, -0.2) is 5.88 Å². The van der Waals surface area contributed by atoms with Crippen molar-refractivity contribution in [3.05, 3.63) is 34.6 Å². The van der Waals surface area contributed by atoms with Crippen LogP contribution in [0.2, 0.25) is 5.02 Å². The summed E-state index contributed by atoms with van der Waals surface area (Å²) in [5.41, 5.74) is 0.721. The molecule has 1 saturated carbocycles. The second-order valence-electron chi connectivity index (χ2n) is 3.40. The Morgan fingerprint density at radius 3 is 2.85 bits per heavy atom. The van der Waals surface area contributed by atoms with Crippen molar-refractivity contribution >= 4 is 23.2 Å². The summed E-state index contributed by atoms with van der Waals surface area (Å²) in [6.07, 6.45) is 0.987. The largest absolute Gasteiger partial charge is 0.205 e. The number of halogens is 3. The quantitative estimate of drug-likeness (QED) is 0.663. The summed E-state index contributed by atoms with van der Waals surface area (Å²) < 4.78 is 13.4. The minimum Gasteiger partial charge on any atom is -0.205 e. The minimum absolute atomic E-state index is 0.206. The van der Waals surface area contributed by atoms with Gasteiger partial charge in [-0.15, -0.1) is 11.6 Å². The minimum atomic E-state index is -0.276. The van der Waals surface area contributed by atoms with Crippen LogP contribution in [0.15, 0.2) is 18.2 Å². The van der Waals surface area contributed by atoms with Gasteiger partial charge in [0.1, 0.15) is 5.82 Å². The van der Waals surface area contributed by atoms with Crippen LogP contribution in [0.3, 0.4) is 0 Å². The van der Waals surface area contributed by atoms with E-state index < -0.39 is 0 Å². The van der Waals surface area contributed by atoms with Gasteiger partial charge in [-0.25, -0.2) is 4.39 Å². The lowest BCUT2D eigenvalue weighted by Gasteiger charge is -2.02. The predicted octanol–water partition coefficient (Wildman–Crippen LogP) is 3.82. The summed E-state index contributed by atoms with van der Waals surface area (Å²) >= 11 is 11.3. The van der Waals surface area contributed by atoms with Gasteiger partial charge in [-0.2, -0.15) is 0 Å². The van der Waals surface area contributed by atoms with Crippen LogP contribution in [0, 0.1) is 11.7 Å². The average molecular weight is 219 g/mol. The molecule has 0 saturated heterocycles. The average Bonchev–Trinajstić information content (AvgIpc) is 2.89. The summed E-state index contributed by atoms with van der Waals surface area (Å²) in [4.78, 5) is 0. The van der Waals surface area contributed by atoms with Crippen LogP contribution in [0.25, 0.3) is 0 Å². The molecule has 13 heavy (non-hydrogen) atoms. The maximum atomic E-state index is 13.4. The third-order valence-corrected chi connectivity index (χ3v) is 3.19. The fourth-order valence-corrected chi connectivity index (χ4v) is 2.13. The van der Waals surface area contributed by atoms with E-state index in [1.165, 1.54) is 0 Å². The number of benzene rings is 1. The Morgan fingerprint density at radius 2 is 2.23 bits per heavy atom. The molecule has 0 N–H and O–H groups in total. The Hall–Kier alpha value is -0.270. The summed E-state index contributed by atoms with van der Waals surface area (Å²) in [5, 5.41) is 0.206. The Labute approximate surface area is 86.7 Å². The summed E-state index contributed by atoms with van der Waals surface area (Å²) in [5.74, 6) is 1.06. The fourth-order valence-electron chi connectivity index (χ4n) is 1.61. The van der Waals surface area contributed by atoms with Crippen molar-refractivity contribution in [3.63, 3.8) is 0 Å². The molecule has 3 heteroatoms. The lowest BCUT2D eigenvalue weighted by molar-refractivity contribution is 0.608. The Balaban J connectivity index is 2.27. The van der Waals surface area contributed by atoms with Gasteiger partial charge >= 0.3 is 0 Å². The first-order chi connectivity index (χ1) is 6.24. The summed E-state index contributed by atoms with van der Waals surface area (Å²) in [6, 6.07) is 5.14. The summed E-state index contributed by atoms with van der Waals surface area (Å²) in [7, 11) is 0. The first-order valence-corrected chi connectivity index (χ1v) is 5.15. The van der Waals surface area contributed by atoms with Crippen molar-refractivity contribution < 1.29 is 4.39 Å². The first-order valence-electron chi connectivity index (χ1n) is 4.24. The number of hydrogen-bond donors (Lipinski definition) is 0. The Kier molecular flexibility index (Phi) is 2.48. The van der Waals surface area contributed by atoms with Crippen molar-refractivity contribution in [2.45, 2.75) is 12.3 Å². The number of hydrogen-bond acceptors (Lipinski definition) is 0. The highest BCUT2D eigenvalue weighted by molar-refractivity contribution is 6.30. The Morgan fingerprint density at radius 1 is 1.46 bits per heavy atom. The van der Waals surface area contributed by atoms with Crippen molar-refractivity contribution in [2.24, 2.45) is 5.92 Å². The third-order valence-electron chi connectivity index (χ3n) is 2.50. The molecule has 0 aliphatic heterocycles. The molecule has 2 rings (SSSR count). The van der Waals surface area contributed by atoms with Gasteiger partial charge in [0.25, 0.3) is 0 Å². The maximum Gasteiger partial charge on any atom is 0.145 e. The zero-order valence-electron chi connectivity index (χ0n) is 6.93. The molecule has 0 bridgehead atoms. The molecule has 1 aromatic rings. The molecule has 0 aromatic heterocycles. The highest BCUT2D eigenvalue weighted by atomic mass is 35.5. The first kappa shape index (κ1) is 9.29. The predicted molar refractivity (Wildman–Crippen MR) is 53.0 cm³/mol. The smallest absolute Gasteiger partial charge is 0.145 e. The molecule has 1 aromatic carbocycles. The van der Waals surface area contributed by atoms with E-state index in [1.54, 1.807) is 18.2 Å². The van der Waals surface area contributed by atoms with Gasteiger partial charge in [0.15, 0.2) is 0 Å². The van der Waals surface area contributed by atoms with Crippen LogP contribution in [0.4, 0.5) is 4.39 Å². The highest BCUT2D eigenvalue weighted by Gasteiger charge is 2.39. The molecule has 1 aliphatic carbocycles. The van der Waals surface area contributed by atoms with Crippen LogP contribution in [0.1, 0.15) is 17.9 Å². The Bertz CT molecular complexity index is 325. The third kappa shape index (κ3) is 1.68. The maximum absolute atomic E-state index is 13.4. The van der Waals surface area contributed by atoms with Gasteiger partial charge in [0.2, 0.25) is 0 Å². The molecule has 0 nitrogen and oxygen atoms in total. The van der Waals surface area contributed by atoms with E-state index in [1.807, 2.05) is 0 Å². The van der Waals surface area contributed by atoms with Crippen molar-refractivity contribution in [2.75, 3.05) is 5.88 Å². The van der Waals surface area contributed by atoms with Crippen molar-refractivity contribution in [1.29, 1.82) is 0 Å². The van der Waals surface area contributed by atoms with E-state index in [2.05, 4.69) is 0 Å². The van der Waals surface area contributed by atoms with Crippen LogP contribution in [-0.2, 0) is 0 Å². The highest BCUT2D eigenvalue weighted by Crippen LogP contribution is 2.49. The van der Waals surface area contributed by atoms with Gasteiger partial charge in [-0.1, -0.05) is 23.7 Å². The molecule has 2 atom stereocenters. The number of rotatable bonds is 2. The van der Waals surface area contributed by atoms with Gasteiger partial charge in [0, 0.05) is 5.88 Å². The van der Waals surface area contributed by atoms with Gasteiger partial charge in [-0.05, 0) is 29.9 Å². The molecule has 1 aliphatic rings. The zero-order chi connectivity index (χ0) is 9.42. The van der Waals surface area contributed by atoms with Crippen molar-refractivity contribution in [3.8, 4) is 0 Å². The normalized spacial score (nSPS) is 26.1. The molecule has 1 fully saturated rings. The fraction of sp³-hybridized carbons (Fsp3) is 0.400. The molecule has 70 valence electrons. The molecule has 2 unspecified atom stereocenters.